The predicted molar refractivity (Wildman–Crippen MR) is 71.6 cm³/mol. The van der Waals surface area contributed by atoms with E-state index in [-0.39, 0.29) is 5.75 Å². The van der Waals surface area contributed by atoms with Crippen LogP contribution in [0.5, 0.6) is 5.75 Å². The van der Waals surface area contributed by atoms with E-state index in [0.29, 0.717) is 29.0 Å². The minimum atomic E-state index is -0.00232. The molecule has 1 aliphatic carbocycles. The fourth-order valence-electron chi connectivity index (χ4n) is 2.69. The Hall–Kier alpha value is -2.04. The molecule has 100 valence electrons. The lowest BCUT2D eigenvalue weighted by Gasteiger charge is -2.03. The standard InChI is InChI=1S/C14H17N3O2/c1-8-5-6-9(7-8)13-16-14(19-17-13)10-3-2-4-11(15)12(10)18/h2-4,8-9,18H,5-7,15H2,1H3. The van der Waals surface area contributed by atoms with Gasteiger partial charge in [0.1, 0.15) is 0 Å². The summed E-state index contributed by atoms with van der Waals surface area (Å²) in [5.41, 5.74) is 6.47. The van der Waals surface area contributed by atoms with E-state index in [1.807, 2.05) is 0 Å². The van der Waals surface area contributed by atoms with Gasteiger partial charge in [0.15, 0.2) is 11.6 Å². The first kappa shape index (κ1) is 12.0. The van der Waals surface area contributed by atoms with E-state index >= 15 is 0 Å². The van der Waals surface area contributed by atoms with Gasteiger partial charge in [0.05, 0.1) is 11.3 Å². The molecule has 0 radical (unpaired) electrons. The predicted octanol–water partition coefficient (Wildman–Crippen LogP) is 2.93. The van der Waals surface area contributed by atoms with Crippen LogP contribution in [0, 0.1) is 5.92 Å². The number of para-hydroxylation sites is 1. The number of nitrogens with two attached hydrogens (primary N) is 1. The molecule has 2 unspecified atom stereocenters. The second-order valence-corrected chi connectivity index (χ2v) is 5.32. The first-order chi connectivity index (χ1) is 9.15. The van der Waals surface area contributed by atoms with E-state index in [4.69, 9.17) is 10.3 Å². The number of hydrogen-bond acceptors (Lipinski definition) is 5. The molecule has 5 nitrogen and oxygen atoms in total. The van der Waals surface area contributed by atoms with Crippen LogP contribution in [0.2, 0.25) is 0 Å². The summed E-state index contributed by atoms with van der Waals surface area (Å²) in [5, 5.41) is 14.0. The number of rotatable bonds is 2. The molecule has 0 aliphatic heterocycles. The molecule has 1 fully saturated rings. The van der Waals surface area contributed by atoms with Gasteiger partial charge in [-0.3, -0.25) is 0 Å². The van der Waals surface area contributed by atoms with E-state index in [1.54, 1.807) is 18.2 Å². The second-order valence-electron chi connectivity index (χ2n) is 5.32. The first-order valence-corrected chi connectivity index (χ1v) is 6.56. The lowest BCUT2D eigenvalue weighted by molar-refractivity contribution is 0.411. The van der Waals surface area contributed by atoms with Gasteiger partial charge < -0.3 is 15.4 Å². The van der Waals surface area contributed by atoms with Crippen molar-refractivity contribution in [3.05, 3.63) is 24.0 Å². The van der Waals surface area contributed by atoms with Crippen molar-refractivity contribution in [2.24, 2.45) is 5.92 Å². The molecule has 1 aliphatic rings. The normalized spacial score (nSPS) is 22.8. The maximum atomic E-state index is 9.91. The highest BCUT2D eigenvalue weighted by Crippen LogP contribution is 2.38. The quantitative estimate of drug-likeness (QED) is 0.639. The zero-order valence-corrected chi connectivity index (χ0v) is 10.8. The van der Waals surface area contributed by atoms with Crippen LogP contribution in [-0.4, -0.2) is 15.2 Å². The molecule has 0 amide bonds. The average molecular weight is 259 g/mol. The molecule has 0 bridgehead atoms. The molecule has 1 heterocycles. The summed E-state index contributed by atoms with van der Waals surface area (Å²) in [6.45, 7) is 2.24. The Balaban J connectivity index is 1.91. The minimum absolute atomic E-state index is 0.00232. The van der Waals surface area contributed by atoms with Gasteiger partial charge in [-0.1, -0.05) is 18.1 Å². The largest absolute Gasteiger partial charge is 0.505 e. The van der Waals surface area contributed by atoms with Gasteiger partial charge in [-0.2, -0.15) is 4.98 Å². The van der Waals surface area contributed by atoms with Gasteiger partial charge in [0.25, 0.3) is 5.89 Å². The summed E-state index contributed by atoms with van der Waals surface area (Å²) in [6.07, 6.45) is 3.41. The zero-order chi connectivity index (χ0) is 13.4. The Morgan fingerprint density at radius 3 is 2.95 bits per heavy atom. The smallest absolute Gasteiger partial charge is 0.261 e. The van der Waals surface area contributed by atoms with Crippen molar-refractivity contribution in [3.8, 4) is 17.2 Å². The Morgan fingerprint density at radius 2 is 2.21 bits per heavy atom. The van der Waals surface area contributed by atoms with Crippen LogP contribution in [0.4, 0.5) is 5.69 Å². The maximum Gasteiger partial charge on any atom is 0.261 e. The number of aromatic nitrogens is 2. The Labute approximate surface area is 111 Å². The van der Waals surface area contributed by atoms with Crippen molar-refractivity contribution in [1.29, 1.82) is 0 Å². The van der Waals surface area contributed by atoms with Crippen LogP contribution in [0.25, 0.3) is 11.5 Å². The SMILES string of the molecule is CC1CCC(c2noc(-c3cccc(N)c3O)n2)C1. The molecule has 3 N–H and O–H groups in total. The van der Waals surface area contributed by atoms with Gasteiger partial charge in [0, 0.05) is 5.92 Å². The fourth-order valence-corrected chi connectivity index (χ4v) is 2.69. The number of aromatic hydroxyl groups is 1. The minimum Gasteiger partial charge on any atom is -0.505 e. The van der Waals surface area contributed by atoms with Crippen molar-refractivity contribution in [2.75, 3.05) is 5.73 Å². The van der Waals surface area contributed by atoms with Crippen molar-refractivity contribution in [3.63, 3.8) is 0 Å². The molecule has 2 atom stereocenters. The van der Waals surface area contributed by atoms with Crippen molar-refractivity contribution in [1.82, 2.24) is 10.1 Å². The first-order valence-electron chi connectivity index (χ1n) is 6.56. The molecule has 1 aromatic carbocycles. The van der Waals surface area contributed by atoms with Gasteiger partial charge in [-0.05, 0) is 37.3 Å². The molecule has 0 saturated heterocycles. The monoisotopic (exact) mass is 259 g/mol. The molecule has 0 spiro atoms. The molecule has 1 aromatic heterocycles. The summed E-state index contributed by atoms with van der Waals surface area (Å²) < 4.78 is 5.26. The molecule has 2 aromatic rings. The summed E-state index contributed by atoms with van der Waals surface area (Å²) in [7, 11) is 0. The molecule has 3 rings (SSSR count). The van der Waals surface area contributed by atoms with Gasteiger partial charge in [0.2, 0.25) is 0 Å². The van der Waals surface area contributed by atoms with E-state index in [2.05, 4.69) is 17.1 Å². The highest BCUT2D eigenvalue weighted by atomic mass is 16.5. The van der Waals surface area contributed by atoms with Crippen LogP contribution in [0.3, 0.4) is 0 Å². The Bertz CT molecular complexity index is 594. The Kier molecular flexibility index (Phi) is 2.89. The number of nitrogens with zero attached hydrogens (tertiary/aromatic N) is 2. The lowest BCUT2D eigenvalue weighted by atomic mass is 10.1. The van der Waals surface area contributed by atoms with E-state index in [1.165, 1.54) is 6.42 Å². The van der Waals surface area contributed by atoms with Crippen LogP contribution in [0.15, 0.2) is 22.7 Å². The van der Waals surface area contributed by atoms with Crippen molar-refractivity contribution in [2.45, 2.75) is 32.1 Å². The number of phenols is 1. The van der Waals surface area contributed by atoms with E-state index < -0.39 is 0 Å². The van der Waals surface area contributed by atoms with Crippen molar-refractivity contribution >= 4 is 5.69 Å². The number of phenolic OH excluding ortho intramolecular Hbond substituents is 1. The fraction of sp³-hybridized carbons (Fsp3) is 0.429. The van der Waals surface area contributed by atoms with E-state index in [0.717, 1.165) is 18.7 Å². The molecular formula is C14H17N3O2. The number of nitrogen functional groups attached to an aromatic ring is 1. The van der Waals surface area contributed by atoms with Gasteiger partial charge in [-0.25, -0.2) is 0 Å². The number of benzene rings is 1. The third-order valence-corrected chi connectivity index (χ3v) is 3.80. The summed E-state index contributed by atoms with van der Waals surface area (Å²) in [5.74, 6) is 2.15. The topological polar surface area (TPSA) is 85.2 Å². The Morgan fingerprint density at radius 1 is 1.37 bits per heavy atom. The van der Waals surface area contributed by atoms with Gasteiger partial charge in [-0.15, -0.1) is 0 Å². The third-order valence-electron chi connectivity index (χ3n) is 3.80. The number of anilines is 1. The molecule has 5 heteroatoms. The number of hydrogen-bond donors (Lipinski definition) is 2. The van der Waals surface area contributed by atoms with Crippen molar-refractivity contribution < 1.29 is 9.63 Å². The average Bonchev–Trinajstić information content (AvgIpc) is 3.01. The zero-order valence-electron chi connectivity index (χ0n) is 10.8. The van der Waals surface area contributed by atoms with Crippen LogP contribution < -0.4 is 5.73 Å². The second kappa shape index (κ2) is 4.57. The molecular weight excluding hydrogens is 242 g/mol. The van der Waals surface area contributed by atoms with Crippen LogP contribution in [0.1, 0.15) is 37.9 Å². The lowest BCUT2D eigenvalue weighted by Crippen LogP contribution is -1.96. The summed E-state index contributed by atoms with van der Waals surface area (Å²) >= 11 is 0. The highest BCUT2D eigenvalue weighted by Gasteiger charge is 2.27. The van der Waals surface area contributed by atoms with Crippen LogP contribution in [-0.2, 0) is 0 Å². The summed E-state index contributed by atoms with van der Waals surface area (Å²) in [6, 6.07) is 5.11. The third kappa shape index (κ3) is 2.16. The molecule has 1 saturated carbocycles. The maximum absolute atomic E-state index is 9.91. The summed E-state index contributed by atoms with van der Waals surface area (Å²) in [4.78, 5) is 4.41. The highest BCUT2D eigenvalue weighted by molar-refractivity contribution is 5.71. The van der Waals surface area contributed by atoms with E-state index in [9.17, 15) is 5.11 Å². The molecule has 19 heavy (non-hydrogen) atoms. The van der Waals surface area contributed by atoms with Crippen LogP contribution >= 0.6 is 0 Å². The van der Waals surface area contributed by atoms with Gasteiger partial charge >= 0.3 is 0 Å².